The molecule has 11 heterocycles. The Morgan fingerprint density at radius 1 is 0.415 bits per heavy atom. The number of hydrogen-bond acceptors (Lipinski definition) is 17. The van der Waals surface area contributed by atoms with Gasteiger partial charge in [-0.1, -0.05) is 220 Å². The number of aromatic nitrogens is 14. The summed E-state index contributed by atoms with van der Waals surface area (Å²) < 4.78 is 64.1. The van der Waals surface area contributed by atoms with E-state index in [0.29, 0.717) is 5.28 Å². The lowest BCUT2D eigenvalue weighted by atomic mass is 9.49. The number of H-pyrrole nitrogens is 1. The normalized spacial score (nSPS) is 16.2. The molecule has 666 valence electrons. The largest absolute Gasteiger partial charge is 0.494 e. The molecule has 0 aliphatic carbocycles. The molecule has 0 unspecified atom stereocenters. The number of halogens is 7. The fourth-order valence-electron chi connectivity index (χ4n) is 11.5. The molecule has 7 aromatic heterocycles. The van der Waals surface area contributed by atoms with Crippen LogP contribution in [0.1, 0.15) is 218 Å². The van der Waals surface area contributed by atoms with Crippen molar-refractivity contribution in [3.63, 3.8) is 0 Å². The number of aromatic amines is 1. The third kappa shape index (κ3) is 31.1. The minimum Gasteiger partial charge on any atom is -0.405 e. The molecule has 123 heavy (non-hydrogen) atoms. The monoisotopic (exact) mass is 1890 g/mol. The predicted molar refractivity (Wildman–Crippen MR) is 514 cm³/mol. The van der Waals surface area contributed by atoms with Crippen molar-refractivity contribution < 1.29 is 38.4 Å². The van der Waals surface area contributed by atoms with Crippen LogP contribution in [0, 0.1) is 0 Å². The Hall–Kier alpha value is -7.08. The molecule has 4 aromatic carbocycles. The summed E-state index contributed by atoms with van der Waals surface area (Å²) in [5.41, 5.74) is 12.4. The van der Waals surface area contributed by atoms with Crippen molar-refractivity contribution >= 4 is 105 Å². The van der Waals surface area contributed by atoms with Crippen LogP contribution in [-0.4, -0.2) is 145 Å². The second-order valence-electron chi connectivity index (χ2n) is 36.6. The van der Waals surface area contributed by atoms with Gasteiger partial charge in [0, 0.05) is 124 Å². The molecule has 4 fully saturated rings. The van der Waals surface area contributed by atoms with Crippen molar-refractivity contribution in [2.45, 2.75) is 249 Å². The van der Waals surface area contributed by atoms with Crippen LogP contribution in [0.4, 0.5) is 4.39 Å². The van der Waals surface area contributed by atoms with E-state index in [0.717, 1.165) is 107 Å². The van der Waals surface area contributed by atoms with Crippen LogP contribution in [-0.2, 0) is 75.5 Å². The topological polar surface area (TPSA) is 224 Å². The van der Waals surface area contributed by atoms with Crippen LogP contribution >= 0.6 is 78.3 Å². The van der Waals surface area contributed by atoms with Crippen LogP contribution in [0.2, 0.25) is 20.9 Å². The van der Waals surface area contributed by atoms with Gasteiger partial charge in [-0.05, 0) is 191 Å². The molecular formula is C92H128B3Br2Cl4FN14O7. The Morgan fingerprint density at radius 2 is 0.740 bits per heavy atom. The molecule has 0 amide bonds. The molecule has 21 nitrogen and oxygen atoms in total. The number of benzene rings is 4. The number of nitrogens with one attached hydrogen (secondary N) is 1. The molecule has 0 atom stereocenters. The molecule has 0 saturated carbocycles. The van der Waals surface area contributed by atoms with E-state index >= 15 is 0 Å². The Labute approximate surface area is 771 Å². The molecule has 4 saturated heterocycles. The summed E-state index contributed by atoms with van der Waals surface area (Å²) in [6.07, 6.45) is 10.1. The average Bonchev–Trinajstić information content (AvgIpc) is 1.62. The predicted octanol–water partition coefficient (Wildman–Crippen LogP) is 24.3. The highest BCUT2D eigenvalue weighted by atomic mass is 79.9. The van der Waals surface area contributed by atoms with Gasteiger partial charge >= 0.3 is 21.1 Å². The maximum absolute atomic E-state index is 9.96. The zero-order chi connectivity index (χ0) is 90.9. The highest BCUT2D eigenvalue weighted by Crippen LogP contribution is 2.44. The van der Waals surface area contributed by atoms with Gasteiger partial charge in [0.2, 0.25) is 10.6 Å². The van der Waals surface area contributed by atoms with Crippen molar-refractivity contribution in [2.24, 2.45) is 21.1 Å². The molecule has 4 aliphatic rings. The van der Waals surface area contributed by atoms with Gasteiger partial charge in [0.15, 0.2) is 5.82 Å². The van der Waals surface area contributed by atoms with E-state index in [1.165, 1.54) is 18.9 Å². The molecular weight excluding hydrogens is 1770 g/mol. The van der Waals surface area contributed by atoms with Gasteiger partial charge in [-0.25, -0.2) is 29.9 Å². The zero-order valence-corrected chi connectivity index (χ0v) is 81.4. The lowest BCUT2D eigenvalue weighted by Crippen LogP contribution is -2.41. The second-order valence-corrected chi connectivity index (χ2v) is 39.9. The zero-order valence-electron chi connectivity index (χ0n) is 76.2. The van der Waals surface area contributed by atoms with E-state index < -0.39 is 21.2 Å². The maximum atomic E-state index is 9.96. The minimum atomic E-state index is -1.00. The summed E-state index contributed by atoms with van der Waals surface area (Å²) in [5.74, 6) is 0.778. The van der Waals surface area contributed by atoms with Gasteiger partial charge < -0.3 is 32.7 Å². The van der Waals surface area contributed by atoms with Gasteiger partial charge in [0.25, 0.3) is 0 Å². The number of rotatable bonds is 7. The van der Waals surface area contributed by atoms with Crippen molar-refractivity contribution in [2.75, 3.05) is 20.4 Å². The third-order valence-corrected chi connectivity index (χ3v) is 22.5. The highest BCUT2D eigenvalue weighted by Gasteiger charge is 2.64. The second kappa shape index (κ2) is 44.6. The smallest absolute Gasteiger partial charge is 0.405 e. The molecule has 31 heteroatoms. The number of ether oxygens (including phenoxy) is 1. The Morgan fingerprint density at radius 3 is 1.07 bits per heavy atom. The van der Waals surface area contributed by atoms with Gasteiger partial charge in [-0.2, -0.15) is 20.4 Å². The first-order valence-electron chi connectivity index (χ1n) is 40.8. The van der Waals surface area contributed by atoms with E-state index in [-0.39, 0.29) is 92.8 Å². The first-order chi connectivity index (χ1) is 56.5. The Balaban J connectivity index is 0.000000257. The third-order valence-electron chi connectivity index (χ3n) is 20.7. The fraction of sp³-hybridized carbons (Fsp3) is 0.478. The van der Waals surface area contributed by atoms with E-state index in [9.17, 15) is 4.39 Å². The lowest BCUT2D eigenvalue weighted by molar-refractivity contribution is 0.00578. The van der Waals surface area contributed by atoms with Crippen LogP contribution in [0.5, 0.6) is 0 Å². The standard InChI is InChI=1S/C22H28N4.C16H21BN2O2.C12H24B2O4.C12H19ClN2.C10H9BrN2.C9H7BrN2.C4HCl3N2.C4H8O.CH3F.2CH4/c1-21(2,3)18-14-19(22(4,5)6)24-20(23-18)16-10-8-9-15(13-16)17-11-12-26(7)25-17;1-15(2)16(3,4)21-17(20-15)13-8-6-7-12(11-13)14-9-10-19(5)18-14;1-9(2)10(3,4)16-13(15-9)14-17-11(5,6)12(7,8)18-14;1-11(2,3)8-7-9(12(4,5)6)15-10(13)14-8;1-13-6-5-10(12-13)8-3-2-4-9(11)7-8;10-8-3-1-2-7(6-8)9-4-5-11-12-9;5-2-1-3(6)9-4(7)8-2;1-2-4-5-3-1;1-2;;/h8-14H,1-7H3;6-11H,1-5H3;1-8H3;7H,1-6H3;2-7H,1H3;1-6H,(H,11,12);1H;1-4H2;1H3;2*1H4/i;;;;;;;;1D;;. The van der Waals surface area contributed by atoms with Crippen LogP contribution in [0.15, 0.2) is 173 Å². The van der Waals surface area contributed by atoms with Crippen LogP contribution in [0.3, 0.4) is 0 Å². The summed E-state index contributed by atoms with van der Waals surface area (Å²) in [4.78, 5) is 25.5. The van der Waals surface area contributed by atoms with Crippen LogP contribution in [0.25, 0.3) is 56.4 Å². The Bertz CT molecular complexity index is 4960. The van der Waals surface area contributed by atoms with Crippen molar-refractivity contribution in [3.05, 3.63) is 217 Å². The first-order valence-corrected chi connectivity index (χ1v) is 43.1. The van der Waals surface area contributed by atoms with E-state index in [4.69, 9.17) is 90.4 Å². The summed E-state index contributed by atoms with van der Waals surface area (Å²) in [5, 5.41) is 21.0. The van der Waals surface area contributed by atoms with E-state index in [1.807, 2.05) is 191 Å². The number of aryl methyl sites for hydroxylation is 3. The number of nitrogens with zero attached hydrogens (tertiary/aromatic N) is 13. The van der Waals surface area contributed by atoms with Crippen molar-refractivity contribution in [1.29, 1.82) is 0 Å². The fourth-order valence-corrected chi connectivity index (χ4v) is 13.1. The quantitative estimate of drug-likeness (QED) is 0.0889. The van der Waals surface area contributed by atoms with Crippen molar-refractivity contribution in [1.82, 2.24) is 69.4 Å². The van der Waals surface area contributed by atoms with Gasteiger partial charge in [0.1, 0.15) is 10.3 Å². The molecule has 0 radical (unpaired) electrons. The minimum absolute atomic E-state index is 0. The molecule has 15 rings (SSSR count). The van der Waals surface area contributed by atoms with Gasteiger partial charge in [-0.3, -0.25) is 23.5 Å². The Kier molecular flexibility index (Phi) is 37.9. The highest BCUT2D eigenvalue weighted by molar-refractivity contribution is 9.10. The number of hydrogen-bond donors (Lipinski definition) is 1. The molecule has 0 bridgehead atoms. The molecule has 4 aliphatic heterocycles. The van der Waals surface area contributed by atoms with Gasteiger partial charge in [0.05, 0.1) is 87.7 Å². The molecule has 0 spiro atoms. The maximum Gasteiger partial charge on any atom is 0.494 e. The molecule has 11 aromatic rings. The summed E-state index contributed by atoms with van der Waals surface area (Å²) in [6, 6.07) is 46.3. The van der Waals surface area contributed by atoms with E-state index in [2.05, 4.69) is 231 Å². The number of alkyl halides is 1. The average molecular weight is 1900 g/mol. The summed E-state index contributed by atoms with van der Waals surface area (Å²) in [6.45, 7) is 52.3. The lowest BCUT2D eigenvalue weighted by Gasteiger charge is -2.32. The molecule has 1 N–H and O–H groups in total. The SMILES string of the molecule is Brc1cccc(-c2ccn[nH]2)c1.C.C.C1CCOC1.CC(C)(C)c1cc(C(C)(C)C)nc(Cl)n1.CC1(C)OB(B2OC(C)(C)C(C)(C)O2)OC1(C)C.Clc1cc(Cl)nc(Cl)n1.Cn1ccc(-c2cccc(-c3nc(C(C)(C)C)cc(C(C)(C)C)n3)c2)n1.Cn1ccc(-c2cccc(B3OC(C)(C)C(C)(C)O3)c2)n1.Cn1ccc(-c2cccc(Br)c2)n1.[2H]CF. The summed E-state index contributed by atoms with van der Waals surface area (Å²) in [7, 11) is 3.48. The van der Waals surface area contributed by atoms with Crippen LogP contribution < -0.4 is 5.46 Å². The summed E-state index contributed by atoms with van der Waals surface area (Å²) >= 11 is 29.0. The first kappa shape index (κ1) is 105. The van der Waals surface area contributed by atoms with Gasteiger partial charge in [-0.15, -0.1) is 0 Å². The van der Waals surface area contributed by atoms with E-state index in [1.54, 1.807) is 15.6 Å². The van der Waals surface area contributed by atoms with Crippen molar-refractivity contribution in [3.8, 4) is 56.4 Å².